The summed E-state index contributed by atoms with van der Waals surface area (Å²) in [5.74, 6) is 0.188. The Labute approximate surface area is 201 Å². The molecule has 2 aromatic carbocycles. The summed E-state index contributed by atoms with van der Waals surface area (Å²) >= 11 is 9.42. The first kappa shape index (κ1) is 25.7. The lowest BCUT2D eigenvalue weighted by atomic mass is 10.0. The van der Waals surface area contributed by atoms with E-state index in [4.69, 9.17) is 21.1 Å². The molecule has 2 rings (SSSR count). The fraction of sp³-hybridized carbons (Fsp3) is 0.348. The van der Waals surface area contributed by atoms with Crippen LogP contribution in [0.15, 0.2) is 46.0 Å². The van der Waals surface area contributed by atoms with Crippen molar-refractivity contribution >= 4 is 45.6 Å². The Kier molecular flexibility index (Phi) is 9.99. The van der Waals surface area contributed by atoms with Gasteiger partial charge in [0.2, 0.25) is 0 Å². The average molecular weight is 525 g/mol. The number of halogens is 2. The Morgan fingerprint density at radius 2 is 2.00 bits per heavy atom. The van der Waals surface area contributed by atoms with Gasteiger partial charge >= 0.3 is 0 Å². The molecule has 0 fully saturated rings. The number of rotatable bonds is 10. The van der Waals surface area contributed by atoms with Crippen molar-refractivity contribution in [2.75, 3.05) is 13.7 Å². The Morgan fingerprint density at radius 1 is 1.25 bits per heavy atom. The first-order valence-corrected chi connectivity index (χ1v) is 11.3. The maximum atomic E-state index is 12.7. The van der Waals surface area contributed by atoms with Gasteiger partial charge in [0.15, 0.2) is 11.5 Å². The van der Waals surface area contributed by atoms with E-state index >= 15 is 0 Å². The van der Waals surface area contributed by atoms with Gasteiger partial charge in [0.25, 0.3) is 11.8 Å². The molecular weight excluding hydrogens is 498 g/mol. The second-order valence-electron chi connectivity index (χ2n) is 7.32. The molecule has 7 nitrogen and oxygen atoms in total. The molecule has 2 N–H and O–H groups in total. The van der Waals surface area contributed by atoms with Crippen molar-refractivity contribution in [1.82, 2.24) is 10.7 Å². The number of hydrazone groups is 1. The number of amides is 2. The summed E-state index contributed by atoms with van der Waals surface area (Å²) in [5, 5.41) is 7.21. The van der Waals surface area contributed by atoms with Gasteiger partial charge < -0.3 is 14.8 Å². The number of methoxy groups -OCH3 is 1. The summed E-state index contributed by atoms with van der Waals surface area (Å²) in [6, 6.07) is 9.32. The molecule has 0 radical (unpaired) electrons. The molecule has 0 aromatic heterocycles. The van der Waals surface area contributed by atoms with Crippen LogP contribution in [0.2, 0.25) is 5.02 Å². The van der Waals surface area contributed by atoms with E-state index in [1.807, 2.05) is 26.8 Å². The quantitative estimate of drug-likeness (QED) is 0.345. The van der Waals surface area contributed by atoms with Crippen LogP contribution in [-0.4, -0.2) is 37.8 Å². The minimum absolute atomic E-state index is 0.155. The molecule has 0 spiro atoms. The lowest BCUT2D eigenvalue weighted by molar-refractivity contribution is -0.123. The van der Waals surface area contributed by atoms with E-state index in [0.29, 0.717) is 38.7 Å². The first-order valence-electron chi connectivity index (χ1n) is 10.2. The second-order valence-corrected chi connectivity index (χ2v) is 8.61. The topological polar surface area (TPSA) is 89.0 Å². The van der Waals surface area contributed by atoms with Crippen LogP contribution in [0.25, 0.3) is 0 Å². The monoisotopic (exact) mass is 523 g/mol. The molecule has 0 saturated heterocycles. The molecule has 2 amide bonds. The highest BCUT2D eigenvalue weighted by Gasteiger charge is 2.24. The van der Waals surface area contributed by atoms with E-state index in [-0.39, 0.29) is 11.8 Å². The van der Waals surface area contributed by atoms with Gasteiger partial charge in [0.1, 0.15) is 6.04 Å². The zero-order valence-electron chi connectivity index (χ0n) is 18.4. The molecule has 0 saturated carbocycles. The lowest BCUT2D eigenvalue weighted by Crippen LogP contribution is -2.48. The summed E-state index contributed by atoms with van der Waals surface area (Å²) in [6.07, 6.45) is 2.36. The summed E-state index contributed by atoms with van der Waals surface area (Å²) in [7, 11) is 1.55. The summed E-state index contributed by atoms with van der Waals surface area (Å²) in [6.45, 7) is 6.26. The average Bonchev–Trinajstić information content (AvgIpc) is 2.75. The van der Waals surface area contributed by atoms with Gasteiger partial charge in [0.05, 0.1) is 24.4 Å². The Hall–Kier alpha value is -2.58. The van der Waals surface area contributed by atoms with Crippen LogP contribution in [-0.2, 0) is 4.79 Å². The van der Waals surface area contributed by atoms with Gasteiger partial charge in [-0.15, -0.1) is 0 Å². The summed E-state index contributed by atoms with van der Waals surface area (Å²) in [5.41, 5.74) is 3.56. The van der Waals surface area contributed by atoms with Gasteiger partial charge in [-0.05, 0) is 64.2 Å². The standard InChI is InChI=1S/C23H27BrClN3O4/c1-5-9-32-21-18(24)10-15(11-19(21)31-4)13-26-28-23(30)20(14(2)3)27-22(29)16-7-6-8-17(25)12-16/h6-8,10-14,20H,5,9H2,1-4H3,(H,27,29)(H,28,30)/b26-13-. The fourth-order valence-corrected chi connectivity index (χ4v) is 3.55. The molecule has 0 aliphatic rings. The number of carbonyl (C=O) groups is 2. The predicted octanol–water partition coefficient (Wildman–Crippen LogP) is 4.80. The maximum Gasteiger partial charge on any atom is 0.262 e. The molecule has 0 aliphatic heterocycles. The highest BCUT2D eigenvalue weighted by atomic mass is 79.9. The van der Waals surface area contributed by atoms with Crippen LogP contribution in [0.5, 0.6) is 11.5 Å². The van der Waals surface area contributed by atoms with E-state index < -0.39 is 11.9 Å². The normalized spacial score (nSPS) is 12.0. The Morgan fingerprint density at radius 3 is 2.62 bits per heavy atom. The molecule has 9 heteroatoms. The van der Waals surface area contributed by atoms with Crippen molar-refractivity contribution in [3.63, 3.8) is 0 Å². The zero-order valence-corrected chi connectivity index (χ0v) is 20.8. The third-order valence-corrected chi connectivity index (χ3v) is 5.24. The molecule has 32 heavy (non-hydrogen) atoms. The van der Waals surface area contributed by atoms with Crippen molar-refractivity contribution in [3.8, 4) is 11.5 Å². The molecule has 1 unspecified atom stereocenters. The first-order chi connectivity index (χ1) is 15.3. The van der Waals surface area contributed by atoms with Gasteiger partial charge in [0, 0.05) is 10.6 Å². The van der Waals surface area contributed by atoms with Crippen molar-refractivity contribution in [1.29, 1.82) is 0 Å². The number of nitrogens with zero attached hydrogens (tertiary/aromatic N) is 1. The SMILES string of the molecule is CCCOc1c(Br)cc(/C=N\NC(=O)C(NC(=O)c2cccc(Cl)c2)C(C)C)cc1OC. The largest absolute Gasteiger partial charge is 0.493 e. The van der Waals surface area contributed by atoms with E-state index in [1.165, 1.54) is 6.21 Å². The molecule has 0 heterocycles. The van der Waals surface area contributed by atoms with E-state index in [9.17, 15) is 9.59 Å². The molecule has 2 aromatic rings. The number of nitrogens with one attached hydrogen (secondary N) is 2. The van der Waals surface area contributed by atoms with E-state index in [2.05, 4.69) is 31.8 Å². The number of benzene rings is 2. The van der Waals surface area contributed by atoms with Crippen LogP contribution in [0.4, 0.5) is 0 Å². The number of ether oxygens (including phenoxy) is 2. The van der Waals surface area contributed by atoms with Crippen LogP contribution >= 0.6 is 27.5 Å². The van der Waals surface area contributed by atoms with E-state index in [1.54, 1.807) is 37.4 Å². The number of carbonyl (C=O) groups excluding carboxylic acids is 2. The Balaban J connectivity index is 2.08. The van der Waals surface area contributed by atoms with Crippen LogP contribution < -0.4 is 20.2 Å². The highest BCUT2D eigenvalue weighted by Crippen LogP contribution is 2.36. The maximum absolute atomic E-state index is 12.7. The smallest absolute Gasteiger partial charge is 0.262 e. The number of hydrogen-bond acceptors (Lipinski definition) is 5. The molecule has 0 bridgehead atoms. The third kappa shape index (κ3) is 7.24. The molecule has 1 atom stereocenters. The van der Waals surface area contributed by atoms with Crippen molar-refractivity contribution in [2.45, 2.75) is 33.2 Å². The minimum atomic E-state index is -0.773. The zero-order chi connectivity index (χ0) is 23.7. The second kappa shape index (κ2) is 12.5. The van der Waals surface area contributed by atoms with Gasteiger partial charge in [-0.25, -0.2) is 5.43 Å². The molecular formula is C23H27BrClN3O4. The summed E-state index contributed by atoms with van der Waals surface area (Å²) < 4.78 is 11.8. The fourth-order valence-electron chi connectivity index (χ4n) is 2.79. The van der Waals surface area contributed by atoms with Crippen molar-refractivity contribution in [2.24, 2.45) is 11.0 Å². The third-order valence-electron chi connectivity index (χ3n) is 4.41. The van der Waals surface area contributed by atoms with Crippen LogP contribution in [0, 0.1) is 5.92 Å². The van der Waals surface area contributed by atoms with Crippen molar-refractivity contribution in [3.05, 3.63) is 57.0 Å². The van der Waals surface area contributed by atoms with Gasteiger partial charge in [-0.2, -0.15) is 5.10 Å². The Bertz CT molecular complexity index is 982. The summed E-state index contributed by atoms with van der Waals surface area (Å²) in [4.78, 5) is 25.2. The van der Waals surface area contributed by atoms with E-state index in [0.717, 1.165) is 6.42 Å². The number of hydrogen-bond donors (Lipinski definition) is 2. The molecule has 172 valence electrons. The van der Waals surface area contributed by atoms with Crippen LogP contribution in [0.1, 0.15) is 43.1 Å². The molecule has 0 aliphatic carbocycles. The lowest BCUT2D eigenvalue weighted by Gasteiger charge is -2.20. The van der Waals surface area contributed by atoms with Crippen LogP contribution in [0.3, 0.4) is 0 Å². The minimum Gasteiger partial charge on any atom is -0.493 e. The highest BCUT2D eigenvalue weighted by molar-refractivity contribution is 9.10. The van der Waals surface area contributed by atoms with Gasteiger partial charge in [-0.3, -0.25) is 9.59 Å². The van der Waals surface area contributed by atoms with Gasteiger partial charge in [-0.1, -0.05) is 38.4 Å². The predicted molar refractivity (Wildman–Crippen MR) is 130 cm³/mol. The van der Waals surface area contributed by atoms with Crippen molar-refractivity contribution < 1.29 is 19.1 Å².